The molecular weight excluding hydrogens is 480 g/mol. The number of para-hydroxylation sites is 1. The van der Waals surface area contributed by atoms with Gasteiger partial charge in [0.15, 0.2) is 0 Å². The zero-order valence-corrected chi connectivity index (χ0v) is 21.0. The van der Waals surface area contributed by atoms with Crippen molar-refractivity contribution in [2.75, 3.05) is 14.2 Å². The van der Waals surface area contributed by atoms with Crippen molar-refractivity contribution in [1.82, 2.24) is 9.62 Å². The number of hydrogen-bond donors (Lipinski definition) is 1. The molecule has 0 unspecified atom stereocenters. The number of carbonyl (C=O) groups excluding carboxylic acids is 2. The third kappa shape index (κ3) is 4.83. The van der Waals surface area contributed by atoms with Crippen LogP contribution in [0.2, 0.25) is 0 Å². The topological polar surface area (TPSA) is 102 Å². The number of amides is 2. The van der Waals surface area contributed by atoms with Gasteiger partial charge in [-0.1, -0.05) is 30.3 Å². The summed E-state index contributed by atoms with van der Waals surface area (Å²) in [5, 5.41) is 2.85. The Balaban J connectivity index is 1.46. The quantitative estimate of drug-likeness (QED) is 0.500. The van der Waals surface area contributed by atoms with Crippen LogP contribution in [0.4, 0.5) is 0 Å². The lowest BCUT2D eigenvalue weighted by molar-refractivity contribution is -0.122. The Morgan fingerprint density at radius 3 is 2.22 bits per heavy atom. The first-order chi connectivity index (χ1) is 17.3. The van der Waals surface area contributed by atoms with Gasteiger partial charge in [0, 0.05) is 23.2 Å². The maximum Gasteiger partial charge on any atom is 0.268 e. The van der Waals surface area contributed by atoms with E-state index in [0.29, 0.717) is 34.7 Å². The van der Waals surface area contributed by atoms with E-state index in [1.54, 1.807) is 55.6 Å². The molecule has 1 aliphatic heterocycles. The van der Waals surface area contributed by atoms with Crippen LogP contribution in [0, 0.1) is 0 Å². The zero-order chi connectivity index (χ0) is 25.9. The van der Waals surface area contributed by atoms with Crippen LogP contribution in [0.1, 0.15) is 34.0 Å². The summed E-state index contributed by atoms with van der Waals surface area (Å²) in [5.74, 6) is 0.418. The van der Waals surface area contributed by atoms with E-state index in [4.69, 9.17) is 9.47 Å². The summed E-state index contributed by atoms with van der Waals surface area (Å²) in [6.45, 7) is 1.67. The van der Waals surface area contributed by atoms with Crippen molar-refractivity contribution in [2.45, 2.75) is 20.0 Å². The summed E-state index contributed by atoms with van der Waals surface area (Å²) in [6, 6.07) is 20.4. The van der Waals surface area contributed by atoms with Gasteiger partial charge in [0.05, 0.1) is 20.8 Å². The lowest BCUT2D eigenvalue weighted by atomic mass is 10.1. The molecule has 2 amide bonds. The Bertz CT molecular complexity index is 1430. The summed E-state index contributed by atoms with van der Waals surface area (Å²) in [4.78, 5) is 25.4. The molecule has 0 saturated heterocycles. The number of nitrogens with zero attached hydrogens (tertiary/aromatic N) is 1. The summed E-state index contributed by atoms with van der Waals surface area (Å²) >= 11 is 0. The highest BCUT2D eigenvalue weighted by molar-refractivity contribution is 7.99. The second-order valence-corrected chi connectivity index (χ2v) is 9.99. The van der Waals surface area contributed by atoms with Crippen LogP contribution in [0.5, 0.6) is 11.5 Å². The van der Waals surface area contributed by atoms with Gasteiger partial charge in [-0.15, -0.1) is 0 Å². The lowest BCUT2D eigenvalue weighted by Gasteiger charge is -2.17. The second-order valence-electron chi connectivity index (χ2n) is 8.19. The highest BCUT2D eigenvalue weighted by Crippen LogP contribution is 2.37. The molecule has 3 aromatic carbocycles. The van der Waals surface area contributed by atoms with Crippen molar-refractivity contribution in [1.29, 1.82) is 0 Å². The van der Waals surface area contributed by atoms with Gasteiger partial charge in [-0.25, -0.2) is 12.7 Å². The van der Waals surface area contributed by atoms with Crippen LogP contribution in [-0.4, -0.2) is 38.8 Å². The minimum atomic E-state index is -4.04. The van der Waals surface area contributed by atoms with E-state index in [1.807, 2.05) is 24.3 Å². The van der Waals surface area contributed by atoms with E-state index in [9.17, 15) is 18.0 Å². The Hall–Kier alpha value is -4.11. The molecule has 8 nitrogen and oxygen atoms in total. The van der Waals surface area contributed by atoms with Crippen molar-refractivity contribution < 1.29 is 27.5 Å². The standard InChI is InChI=1S/C27H26N2O6S/c1-18-25(20-12-14-23(34-2)15-13-20)36(32,33)29(27(18)31)17-19-8-10-21(11-9-19)26(30)28-16-22-6-4-5-7-24(22)35-3/h4-15H,16-17H2,1-3H3,(H,28,30). The largest absolute Gasteiger partial charge is 0.497 e. The van der Waals surface area contributed by atoms with Crippen molar-refractivity contribution in [3.63, 3.8) is 0 Å². The average molecular weight is 507 g/mol. The monoisotopic (exact) mass is 506 g/mol. The van der Waals surface area contributed by atoms with Crippen molar-refractivity contribution in [3.05, 3.63) is 101 Å². The van der Waals surface area contributed by atoms with E-state index < -0.39 is 15.9 Å². The minimum Gasteiger partial charge on any atom is -0.497 e. The van der Waals surface area contributed by atoms with Gasteiger partial charge in [0.2, 0.25) is 0 Å². The number of methoxy groups -OCH3 is 2. The molecule has 9 heteroatoms. The number of carbonyl (C=O) groups is 2. The number of rotatable bonds is 8. The number of benzene rings is 3. The fourth-order valence-electron chi connectivity index (χ4n) is 4.02. The number of sulfonamides is 1. The third-order valence-corrected chi connectivity index (χ3v) is 7.90. The molecule has 4 rings (SSSR count). The van der Waals surface area contributed by atoms with E-state index in [-0.39, 0.29) is 22.9 Å². The molecule has 0 aromatic heterocycles. The van der Waals surface area contributed by atoms with Crippen molar-refractivity contribution in [2.24, 2.45) is 0 Å². The Morgan fingerprint density at radius 1 is 0.917 bits per heavy atom. The van der Waals surface area contributed by atoms with Crippen LogP contribution in [0.3, 0.4) is 0 Å². The minimum absolute atomic E-state index is 0.0116. The first-order valence-electron chi connectivity index (χ1n) is 11.2. The number of hydrogen-bond acceptors (Lipinski definition) is 6. The maximum atomic E-state index is 13.3. The van der Waals surface area contributed by atoms with Crippen LogP contribution < -0.4 is 14.8 Å². The normalized spacial score (nSPS) is 14.6. The molecule has 186 valence electrons. The fraction of sp³-hybridized carbons (Fsp3) is 0.185. The highest BCUT2D eigenvalue weighted by atomic mass is 32.2. The van der Waals surface area contributed by atoms with Crippen molar-refractivity contribution in [3.8, 4) is 11.5 Å². The first kappa shape index (κ1) is 25.0. The van der Waals surface area contributed by atoms with E-state index in [0.717, 1.165) is 9.87 Å². The molecule has 36 heavy (non-hydrogen) atoms. The van der Waals surface area contributed by atoms with E-state index >= 15 is 0 Å². The predicted molar refractivity (Wildman–Crippen MR) is 136 cm³/mol. The molecular formula is C27H26N2O6S. The molecule has 0 spiro atoms. The van der Waals surface area contributed by atoms with Crippen molar-refractivity contribution >= 4 is 26.7 Å². The van der Waals surface area contributed by atoms with Gasteiger partial charge in [-0.3, -0.25) is 9.59 Å². The molecule has 0 radical (unpaired) electrons. The Kier molecular flexibility index (Phi) is 7.12. The Morgan fingerprint density at radius 2 is 1.58 bits per heavy atom. The van der Waals surface area contributed by atoms with E-state index in [2.05, 4.69) is 5.32 Å². The molecule has 1 N–H and O–H groups in total. The van der Waals surface area contributed by atoms with Gasteiger partial charge < -0.3 is 14.8 Å². The lowest BCUT2D eigenvalue weighted by Crippen LogP contribution is -2.31. The first-order valence-corrected chi connectivity index (χ1v) is 12.6. The van der Waals surface area contributed by atoms with Gasteiger partial charge in [0.1, 0.15) is 16.4 Å². The molecule has 0 saturated carbocycles. The molecule has 0 bridgehead atoms. The molecule has 0 fully saturated rings. The third-order valence-electron chi connectivity index (χ3n) is 5.96. The number of nitrogens with one attached hydrogen (secondary N) is 1. The summed E-state index contributed by atoms with van der Waals surface area (Å²) in [7, 11) is -0.947. The summed E-state index contributed by atoms with van der Waals surface area (Å²) in [5.41, 5.74) is 2.42. The molecule has 3 aromatic rings. The van der Waals surface area contributed by atoms with Crippen LogP contribution in [-0.2, 0) is 27.9 Å². The highest BCUT2D eigenvalue weighted by Gasteiger charge is 2.42. The van der Waals surface area contributed by atoms with E-state index in [1.165, 1.54) is 14.0 Å². The van der Waals surface area contributed by atoms with Gasteiger partial charge in [-0.2, -0.15) is 0 Å². The second kappa shape index (κ2) is 10.2. The van der Waals surface area contributed by atoms with Gasteiger partial charge >= 0.3 is 0 Å². The molecule has 1 aliphatic rings. The Labute approximate surface area is 210 Å². The molecule has 1 heterocycles. The summed E-state index contributed by atoms with van der Waals surface area (Å²) < 4.78 is 37.8. The van der Waals surface area contributed by atoms with Gasteiger partial charge in [0.25, 0.3) is 21.8 Å². The van der Waals surface area contributed by atoms with Crippen LogP contribution >= 0.6 is 0 Å². The fourth-order valence-corrected chi connectivity index (χ4v) is 5.82. The number of ether oxygens (including phenoxy) is 2. The van der Waals surface area contributed by atoms with Crippen LogP contribution in [0.25, 0.3) is 4.91 Å². The SMILES string of the molecule is COc1ccc(C2=C(C)C(=O)N(Cc3ccc(C(=O)NCc4ccccc4OC)cc3)S2(=O)=O)cc1. The maximum absolute atomic E-state index is 13.3. The average Bonchev–Trinajstić information content (AvgIpc) is 3.06. The summed E-state index contributed by atoms with van der Waals surface area (Å²) in [6.07, 6.45) is 0. The molecule has 0 atom stereocenters. The van der Waals surface area contributed by atoms with Crippen LogP contribution in [0.15, 0.2) is 78.4 Å². The molecule has 0 aliphatic carbocycles. The van der Waals surface area contributed by atoms with Gasteiger partial charge in [-0.05, 0) is 60.5 Å². The smallest absolute Gasteiger partial charge is 0.268 e. The zero-order valence-electron chi connectivity index (χ0n) is 20.1. The predicted octanol–water partition coefficient (Wildman–Crippen LogP) is 3.74.